The Hall–Kier alpha value is -1.30. The molecule has 0 aromatic heterocycles. The number of aliphatic hydroxyl groups excluding tert-OH is 1. The lowest BCUT2D eigenvalue weighted by Gasteiger charge is -2.14. The Balaban J connectivity index is 2.50. The first-order chi connectivity index (χ1) is 9.06. The summed E-state index contributed by atoms with van der Waals surface area (Å²) >= 11 is 5.80. The molecule has 0 aliphatic rings. The molecule has 106 valence electrons. The Kier molecular flexibility index (Phi) is 6.62. The summed E-state index contributed by atoms with van der Waals surface area (Å²) in [5.74, 6) is 0.199. The molecule has 6 heteroatoms. The first-order valence-corrected chi connectivity index (χ1v) is 6.25. The molecule has 0 bridgehead atoms. The number of ether oxygens (including phenoxy) is 2. The summed E-state index contributed by atoms with van der Waals surface area (Å²) in [6, 6.07) is 4.78. The van der Waals surface area contributed by atoms with Gasteiger partial charge in [0.2, 0.25) is 0 Å². The number of benzene rings is 1. The molecule has 0 saturated carbocycles. The van der Waals surface area contributed by atoms with Crippen LogP contribution in [-0.4, -0.2) is 37.4 Å². The van der Waals surface area contributed by atoms with E-state index in [2.05, 4.69) is 5.32 Å². The number of methoxy groups -OCH3 is 1. The summed E-state index contributed by atoms with van der Waals surface area (Å²) in [5.41, 5.74) is 0.547. The van der Waals surface area contributed by atoms with Gasteiger partial charge in [-0.05, 0) is 25.1 Å². The number of nitrogens with one attached hydrogen (secondary N) is 1. The molecule has 0 aliphatic heterocycles. The lowest BCUT2D eigenvalue weighted by molar-refractivity contribution is -0.124. The van der Waals surface area contributed by atoms with Crippen LogP contribution in [0.2, 0.25) is 5.02 Å². The molecule has 5 nitrogen and oxygen atoms in total. The average Bonchev–Trinajstić information content (AvgIpc) is 2.37. The Morgan fingerprint density at radius 1 is 1.53 bits per heavy atom. The van der Waals surface area contributed by atoms with Crippen molar-refractivity contribution >= 4 is 17.5 Å². The lowest BCUT2D eigenvalue weighted by atomic mass is 10.2. The molecule has 0 heterocycles. The van der Waals surface area contributed by atoms with Gasteiger partial charge in [0.15, 0.2) is 6.61 Å². The highest BCUT2D eigenvalue weighted by molar-refractivity contribution is 6.30. The van der Waals surface area contributed by atoms with Crippen LogP contribution in [0, 0.1) is 0 Å². The van der Waals surface area contributed by atoms with Crippen molar-refractivity contribution in [1.82, 2.24) is 5.32 Å². The number of carbonyl (C=O) groups excluding carboxylic acids is 1. The summed E-state index contributed by atoms with van der Waals surface area (Å²) < 4.78 is 10.3. The quantitative estimate of drug-likeness (QED) is 0.795. The van der Waals surface area contributed by atoms with Crippen LogP contribution in [0.15, 0.2) is 18.2 Å². The molecule has 0 fully saturated rings. The van der Waals surface area contributed by atoms with Crippen molar-refractivity contribution in [3.05, 3.63) is 28.8 Å². The number of rotatable bonds is 7. The zero-order valence-electron chi connectivity index (χ0n) is 11.0. The maximum atomic E-state index is 11.6. The summed E-state index contributed by atoms with van der Waals surface area (Å²) in [7, 11) is 1.57. The fourth-order valence-corrected chi connectivity index (χ4v) is 1.76. The van der Waals surface area contributed by atoms with E-state index in [0.29, 0.717) is 22.9 Å². The van der Waals surface area contributed by atoms with Crippen LogP contribution < -0.4 is 10.1 Å². The third-order valence-corrected chi connectivity index (χ3v) is 2.61. The molecule has 0 saturated heterocycles. The second kappa shape index (κ2) is 7.99. The largest absolute Gasteiger partial charge is 0.483 e. The second-order valence-electron chi connectivity index (χ2n) is 4.12. The summed E-state index contributed by atoms with van der Waals surface area (Å²) in [5, 5.41) is 12.4. The topological polar surface area (TPSA) is 67.8 Å². The maximum absolute atomic E-state index is 11.6. The number of amides is 1. The van der Waals surface area contributed by atoms with Gasteiger partial charge in [-0.25, -0.2) is 0 Å². The van der Waals surface area contributed by atoms with E-state index < -0.39 is 0 Å². The van der Waals surface area contributed by atoms with E-state index in [1.165, 1.54) is 0 Å². The molecule has 2 N–H and O–H groups in total. The van der Waals surface area contributed by atoms with Crippen molar-refractivity contribution in [2.24, 2.45) is 0 Å². The van der Waals surface area contributed by atoms with Crippen LogP contribution in [0.3, 0.4) is 0 Å². The Morgan fingerprint density at radius 3 is 2.89 bits per heavy atom. The Morgan fingerprint density at radius 2 is 2.26 bits per heavy atom. The minimum absolute atomic E-state index is 0.0800. The maximum Gasteiger partial charge on any atom is 0.258 e. The standard InChI is InChI=1S/C13H18ClNO4/c1-9(7-18-2)15-13(17)8-19-12-4-3-11(14)5-10(12)6-16/h3-5,9,16H,6-8H2,1-2H3,(H,15,17). The summed E-state index contributed by atoms with van der Waals surface area (Å²) in [4.78, 5) is 11.6. The number of hydrogen-bond donors (Lipinski definition) is 2. The highest BCUT2D eigenvalue weighted by atomic mass is 35.5. The summed E-state index contributed by atoms with van der Waals surface area (Å²) in [6.07, 6.45) is 0. The molecular formula is C13H18ClNO4. The zero-order chi connectivity index (χ0) is 14.3. The minimum Gasteiger partial charge on any atom is -0.483 e. The normalized spacial score (nSPS) is 12.0. The van der Waals surface area contributed by atoms with Crippen LogP contribution in [0.5, 0.6) is 5.75 Å². The van der Waals surface area contributed by atoms with E-state index in [1.807, 2.05) is 6.92 Å². The third-order valence-electron chi connectivity index (χ3n) is 2.38. The van der Waals surface area contributed by atoms with E-state index in [9.17, 15) is 4.79 Å². The fraction of sp³-hybridized carbons (Fsp3) is 0.462. The monoisotopic (exact) mass is 287 g/mol. The van der Waals surface area contributed by atoms with Crippen LogP contribution in [0.1, 0.15) is 12.5 Å². The van der Waals surface area contributed by atoms with Gasteiger partial charge in [0.1, 0.15) is 5.75 Å². The number of hydrogen-bond acceptors (Lipinski definition) is 4. The van der Waals surface area contributed by atoms with Crippen molar-refractivity contribution in [3.8, 4) is 5.75 Å². The van der Waals surface area contributed by atoms with Gasteiger partial charge in [-0.2, -0.15) is 0 Å². The SMILES string of the molecule is COCC(C)NC(=O)COc1ccc(Cl)cc1CO. The van der Waals surface area contributed by atoms with Crippen LogP contribution in [0.4, 0.5) is 0 Å². The van der Waals surface area contributed by atoms with E-state index in [-0.39, 0.29) is 25.2 Å². The predicted octanol–water partition coefficient (Wildman–Crippen LogP) is 1.36. The smallest absolute Gasteiger partial charge is 0.258 e. The molecule has 19 heavy (non-hydrogen) atoms. The van der Waals surface area contributed by atoms with Gasteiger partial charge in [0, 0.05) is 23.7 Å². The first-order valence-electron chi connectivity index (χ1n) is 5.87. The van der Waals surface area contributed by atoms with Gasteiger partial charge >= 0.3 is 0 Å². The molecular weight excluding hydrogens is 270 g/mol. The number of aliphatic hydroxyl groups is 1. The van der Waals surface area contributed by atoms with Crippen molar-refractivity contribution in [2.45, 2.75) is 19.6 Å². The van der Waals surface area contributed by atoms with Crippen LogP contribution >= 0.6 is 11.6 Å². The highest BCUT2D eigenvalue weighted by Gasteiger charge is 2.09. The number of carbonyl (C=O) groups is 1. The lowest BCUT2D eigenvalue weighted by Crippen LogP contribution is -2.38. The van der Waals surface area contributed by atoms with Crippen LogP contribution in [0.25, 0.3) is 0 Å². The van der Waals surface area contributed by atoms with Crippen molar-refractivity contribution < 1.29 is 19.4 Å². The molecule has 1 atom stereocenters. The van der Waals surface area contributed by atoms with Gasteiger partial charge in [-0.1, -0.05) is 11.6 Å². The van der Waals surface area contributed by atoms with E-state index >= 15 is 0 Å². The van der Waals surface area contributed by atoms with E-state index in [0.717, 1.165) is 0 Å². The molecule has 1 unspecified atom stereocenters. The summed E-state index contributed by atoms with van der Waals surface area (Å²) in [6.45, 7) is 1.96. The Labute approximate surface area is 117 Å². The number of halogens is 1. The molecule has 1 aromatic carbocycles. The Bertz CT molecular complexity index is 425. The van der Waals surface area contributed by atoms with Crippen molar-refractivity contribution in [3.63, 3.8) is 0 Å². The van der Waals surface area contributed by atoms with Gasteiger partial charge in [-0.15, -0.1) is 0 Å². The molecule has 1 amide bonds. The highest BCUT2D eigenvalue weighted by Crippen LogP contribution is 2.22. The van der Waals surface area contributed by atoms with Crippen molar-refractivity contribution in [2.75, 3.05) is 20.3 Å². The molecule has 0 aliphatic carbocycles. The fourth-order valence-electron chi connectivity index (χ4n) is 1.56. The first kappa shape index (κ1) is 15.8. The molecule has 1 aromatic rings. The van der Waals surface area contributed by atoms with Crippen LogP contribution in [-0.2, 0) is 16.1 Å². The third kappa shape index (κ3) is 5.46. The predicted molar refractivity (Wildman–Crippen MR) is 72.4 cm³/mol. The molecule has 0 radical (unpaired) electrons. The second-order valence-corrected chi connectivity index (χ2v) is 4.56. The van der Waals surface area contributed by atoms with E-state index in [1.54, 1.807) is 25.3 Å². The average molecular weight is 288 g/mol. The van der Waals surface area contributed by atoms with Gasteiger partial charge < -0.3 is 19.9 Å². The molecule has 1 rings (SSSR count). The van der Waals surface area contributed by atoms with E-state index in [4.69, 9.17) is 26.2 Å². The van der Waals surface area contributed by atoms with Crippen molar-refractivity contribution in [1.29, 1.82) is 0 Å². The van der Waals surface area contributed by atoms with Gasteiger partial charge in [-0.3, -0.25) is 4.79 Å². The minimum atomic E-state index is -0.247. The zero-order valence-corrected chi connectivity index (χ0v) is 11.7. The molecule has 0 spiro atoms. The van der Waals surface area contributed by atoms with Gasteiger partial charge in [0.25, 0.3) is 5.91 Å². The van der Waals surface area contributed by atoms with Gasteiger partial charge in [0.05, 0.1) is 13.2 Å².